The molecule has 2 N–H and O–H groups in total. The molecule has 6 heteroatoms. The zero-order valence-corrected chi connectivity index (χ0v) is 15.0. The van der Waals surface area contributed by atoms with Crippen LogP contribution in [0.3, 0.4) is 0 Å². The zero-order valence-electron chi connectivity index (χ0n) is 15.0. The predicted octanol–water partition coefficient (Wildman–Crippen LogP) is 1.99. The molecular formula is C19H26N4O2. The minimum Gasteiger partial charge on any atom is -0.380 e. The standard InChI is InChI=1S/C19H26N4O2/c1-13(2)18-14(12-23(22-18)15-7-5-4-6-8-15)10-21-19(24)17-9-16(25-3)11-20-17/h4-8,12-13,16-17,20H,9-11H2,1-3H3,(H,21,24)/t16-,17+/m0/s1. The number of nitrogens with zero attached hydrogens (tertiary/aromatic N) is 2. The van der Waals surface area contributed by atoms with E-state index in [2.05, 4.69) is 24.5 Å². The van der Waals surface area contributed by atoms with E-state index in [0.717, 1.165) is 23.5 Å². The molecule has 1 aliphatic rings. The first-order valence-electron chi connectivity index (χ1n) is 8.76. The van der Waals surface area contributed by atoms with Gasteiger partial charge in [-0.3, -0.25) is 4.79 Å². The van der Waals surface area contributed by atoms with E-state index in [0.29, 0.717) is 18.9 Å². The number of hydrogen-bond donors (Lipinski definition) is 2. The molecule has 134 valence electrons. The van der Waals surface area contributed by atoms with Crippen molar-refractivity contribution >= 4 is 5.91 Å². The van der Waals surface area contributed by atoms with Crippen LogP contribution in [0.5, 0.6) is 0 Å². The van der Waals surface area contributed by atoms with Gasteiger partial charge in [-0.1, -0.05) is 32.0 Å². The molecule has 2 heterocycles. The molecule has 1 fully saturated rings. The van der Waals surface area contributed by atoms with Crippen LogP contribution in [0.4, 0.5) is 0 Å². The number of methoxy groups -OCH3 is 1. The molecule has 0 spiro atoms. The van der Waals surface area contributed by atoms with Gasteiger partial charge >= 0.3 is 0 Å². The molecule has 1 amide bonds. The third kappa shape index (κ3) is 4.08. The Kier molecular flexibility index (Phi) is 5.50. The summed E-state index contributed by atoms with van der Waals surface area (Å²) in [6.07, 6.45) is 2.83. The molecule has 0 bridgehead atoms. The Morgan fingerprint density at radius 1 is 1.40 bits per heavy atom. The number of ether oxygens (including phenoxy) is 1. The van der Waals surface area contributed by atoms with Gasteiger partial charge in [-0.2, -0.15) is 5.10 Å². The van der Waals surface area contributed by atoms with E-state index in [1.54, 1.807) is 7.11 Å². The van der Waals surface area contributed by atoms with Gasteiger partial charge in [-0.15, -0.1) is 0 Å². The van der Waals surface area contributed by atoms with E-state index in [1.807, 2.05) is 41.2 Å². The van der Waals surface area contributed by atoms with Crippen LogP contribution in [0.1, 0.15) is 37.4 Å². The summed E-state index contributed by atoms with van der Waals surface area (Å²) in [5.41, 5.74) is 3.08. The summed E-state index contributed by atoms with van der Waals surface area (Å²) >= 11 is 0. The highest BCUT2D eigenvalue weighted by molar-refractivity contribution is 5.82. The number of aromatic nitrogens is 2. The first kappa shape index (κ1) is 17.6. The lowest BCUT2D eigenvalue weighted by molar-refractivity contribution is -0.123. The minimum atomic E-state index is -0.184. The molecule has 1 aromatic heterocycles. The van der Waals surface area contributed by atoms with E-state index in [9.17, 15) is 4.79 Å². The summed E-state index contributed by atoms with van der Waals surface area (Å²) in [6.45, 7) is 5.43. The van der Waals surface area contributed by atoms with Gasteiger partial charge in [0.1, 0.15) is 0 Å². The summed E-state index contributed by atoms with van der Waals surface area (Å²) < 4.78 is 7.18. The average molecular weight is 342 g/mol. The Balaban J connectivity index is 1.69. The Morgan fingerprint density at radius 3 is 2.80 bits per heavy atom. The van der Waals surface area contributed by atoms with Gasteiger partial charge in [0.2, 0.25) is 5.91 Å². The van der Waals surface area contributed by atoms with Crippen molar-refractivity contribution in [1.29, 1.82) is 0 Å². The van der Waals surface area contributed by atoms with Crippen LogP contribution < -0.4 is 10.6 Å². The molecule has 0 saturated carbocycles. The van der Waals surface area contributed by atoms with Gasteiger partial charge in [0.05, 0.1) is 23.5 Å². The van der Waals surface area contributed by atoms with Crippen LogP contribution >= 0.6 is 0 Å². The summed E-state index contributed by atoms with van der Waals surface area (Å²) in [5, 5.41) is 10.9. The monoisotopic (exact) mass is 342 g/mol. The first-order valence-corrected chi connectivity index (χ1v) is 8.76. The normalized spacial score (nSPS) is 20.2. The van der Waals surface area contributed by atoms with Crippen molar-refractivity contribution in [2.45, 2.75) is 44.9 Å². The molecule has 3 rings (SSSR count). The fourth-order valence-corrected chi connectivity index (χ4v) is 3.15. The summed E-state index contributed by atoms with van der Waals surface area (Å²) in [5.74, 6) is 0.307. The Bertz CT molecular complexity index is 711. The molecule has 0 aliphatic carbocycles. The van der Waals surface area contributed by atoms with E-state index >= 15 is 0 Å². The van der Waals surface area contributed by atoms with E-state index < -0.39 is 0 Å². The van der Waals surface area contributed by atoms with Crippen molar-refractivity contribution in [2.75, 3.05) is 13.7 Å². The number of carbonyl (C=O) groups is 1. The molecule has 0 unspecified atom stereocenters. The molecule has 2 aromatic rings. The van der Waals surface area contributed by atoms with E-state index in [1.165, 1.54) is 0 Å². The number of rotatable bonds is 6. The number of para-hydroxylation sites is 1. The summed E-state index contributed by atoms with van der Waals surface area (Å²) in [4.78, 5) is 12.4. The maximum absolute atomic E-state index is 12.4. The van der Waals surface area contributed by atoms with Crippen LogP contribution in [0.2, 0.25) is 0 Å². The molecule has 2 atom stereocenters. The SMILES string of the molecule is CO[C@@H]1CN[C@@H](C(=O)NCc2cn(-c3ccccc3)nc2C(C)C)C1. The Morgan fingerprint density at radius 2 is 2.16 bits per heavy atom. The maximum Gasteiger partial charge on any atom is 0.237 e. The molecule has 6 nitrogen and oxygen atoms in total. The van der Waals surface area contributed by atoms with Crippen LogP contribution in [-0.2, 0) is 16.1 Å². The van der Waals surface area contributed by atoms with Crippen molar-refractivity contribution in [3.8, 4) is 5.69 Å². The van der Waals surface area contributed by atoms with Crippen LogP contribution in [0.25, 0.3) is 5.69 Å². The maximum atomic E-state index is 12.4. The number of nitrogens with one attached hydrogen (secondary N) is 2. The van der Waals surface area contributed by atoms with Crippen LogP contribution in [-0.4, -0.2) is 41.5 Å². The van der Waals surface area contributed by atoms with Crippen molar-refractivity contribution < 1.29 is 9.53 Å². The second kappa shape index (κ2) is 7.80. The van der Waals surface area contributed by atoms with Gasteiger partial charge in [0.25, 0.3) is 0 Å². The van der Waals surface area contributed by atoms with Crippen molar-refractivity contribution in [3.05, 3.63) is 47.8 Å². The Labute approximate surface area is 148 Å². The second-order valence-corrected chi connectivity index (χ2v) is 6.75. The molecule has 0 radical (unpaired) electrons. The van der Waals surface area contributed by atoms with E-state index in [-0.39, 0.29) is 18.1 Å². The highest BCUT2D eigenvalue weighted by atomic mass is 16.5. The minimum absolute atomic E-state index is 0.0155. The lowest BCUT2D eigenvalue weighted by Crippen LogP contribution is -2.40. The first-order chi connectivity index (χ1) is 12.1. The van der Waals surface area contributed by atoms with Gasteiger partial charge in [0.15, 0.2) is 0 Å². The number of carbonyl (C=O) groups excluding carboxylic acids is 1. The van der Waals surface area contributed by atoms with Gasteiger partial charge in [-0.05, 0) is 24.5 Å². The van der Waals surface area contributed by atoms with Crippen molar-refractivity contribution in [3.63, 3.8) is 0 Å². The number of benzene rings is 1. The number of amides is 1. The molecule has 25 heavy (non-hydrogen) atoms. The summed E-state index contributed by atoms with van der Waals surface area (Å²) in [7, 11) is 1.68. The largest absolute Gasteiger partial charge is 0.380 e. The molecular weight excluding hydrogens is 316 g/mol. The predicted molar refractivity (Wildman–Crippen MR) is 96.7 cm³/mol. The average Bonchev–Trinajstić information content (AvgIpc) is 3.27. The second-order valence-electron chi connectivity index (χ2n) is 6.75. The van der Waals surface area contributed by atoms with Crippen molar-refractivity contribution in [2.24, 2.45) is 0 Å². The lowest BCUT2D eigenvalue weighted by Gasteiger charge is -2.12. The van der Waals surface area contributed by atoms with Gasteiger partial charge in [0, 0.05) is 32.0 Å². The molecule has 1 aromatic carbocycles. The molecule has 1 aliphatic heterocycles. The lowest BCUT2D eigenvalue weighted by atomic mass is 10.1. The third-order valence-electron chi connectivity index (χ3n) is 4.58. The topological polar surface area (TPSA) is 68.2 Å². The smallest absolute Gasteiger partial charge is 0.237 e. The highest BCUT2D eigenvalue weighted by Gasteiger charge is 2.29. The van der Waals surface area contributed by atoms with Crippen LogP contribution in [0, 0.1) is 0 Å². The fourth-order valence-electron chi connectivity index (χ4n) is 3.15. The Hall–Kier alpha value is -2.18. The quantitative estimate of drug-likeness (QED) is 0.842. The van der Waals surface area contributed by atoms with Gasteiger partial charge in [-0.25, -0.2) is 4.68 Å². The molecule has 1 saturated heterocycles. The van der Waals surface area contributed by atoms with Gasteiger partial charge < -0.3 is 15.4 Å². The fraction of sp³-hybridized carbons (Fsp3) is 0.474. The highest BCUT2D eigenvalue weighted by Crippen LogP contribution is 2.20. The number of hydrogen-bond acceptors (Lipinski definition) is 4. The van der Waals surface area contributed by atoms with Crippen LogP contribution in [0.15, 0.2) is 36.5 Å². The third-order valence-corrected chi connectivity index (χ3v) is 4.58. The van der Waals surface area contributed by atoms with Crippen molar-refractivity contribution in [1.82, 2.24) is 20.4 Å². The van der Waals surface area contributed by atoms with E-state index in [4.69, 9.17) is 9.84 Å². The summed E-state index contributed by atoms with van der Waals surface area (Å²) in [6, 6.07) is 9.83. The zero-order chi connectivity index (χ0) is 17.8.